The first-order chi connectivity index (χ1) is 19.1. The summed E-state index contributed by atoms with van der Waals surface area (Å²) in [5.74, 6) is -0.335. The van der Waals surface area contributed by atoms with Crippen molar-refractivity contribution in [1.82, 2.24) is 5.01 Å². The van der Waals surface area contributed by atoms with Gasteiger partial charge in [0, 0.05) is 28.6 Å². The van der Waals surface area contributed by atoms with E-state index in [2.05, 4.69) is 15.9 Å². The topological polar surface area (TPSA) is 59.0 Å². The molecule has 0 radical (unpaired) electrons. The molecule has 1 heterocycles. The van der Waals surface area contributed by atoms with Crippen molar-refractivity contribution in [2.24, 2.45) is 5.10 Å². The van der Waals surface area contributed by atoms with Crippen LogP contribution in [0.2, 0.25) is 0 Å². The van der Waals surface area contributed by atoms with Crippen LogP contribution in [0.25, 0.3) is 12.2 Å². The summed E-state index contributed by atoms with van der Waals surface area (Å²) in [6, 6.07) is 34.0. The van der Waals surface area contributed by atoms with E-state index in [1.165, 1.54) is 17.2 Å². The van der Waals surface area contributed by atoms with Gasteiger partial charge in [0.05, 0.1) is 11.8 Å². The lowest BCUT2D eigenvalue weighted by molar-refractivity contribution is -0.129. The molecule has 0 saturated carbocycles. The van der Waals surface area contributed by atoms with Gasteiger partial charge in [-0.25, -0.2) is 9.80 Å². The molecule has 39 heavy (non-hydrogen) atoms. The van der Waals surface area contributed by atoms with Crippen LogP contribution >= 0.6 is 15.9 Å². The van der Waals surface area contributed by atoms with Crippen molar-refractivity contribution in [2.45, 2.75) is 12.5 Å². The molecule has 6 heteroatoms. The summed E-state index contributed by atoms with van der Waals surface area (Å²) in [6.07, 6.45) is 6.90. The molecular formula is C33H25BrN2O3. The number of hydrogen-bond acceptors (Lipinski definition) is 4. The summed E-state index contributed by atoms with van der Waals surface area (Å²) < 4.78 is 6.66. The number of hydrogen-bond donors (Lipinski definition) is 0. The van der Waals surface area contributed by atoms with Crippen LogP contribution in [0.15, 0.2) is 131 Å². The molecule has 4 aromatic rings. The Bertz CT molecular complexity index is 1550. The molecule has 0 saturated heterocycles. The van der Waals surface area contributed by atoms with Crippen LogP contribution in [0.1, 0.15) is 34.7 Å². The number of esters is 1. The van der Waals surface area contributed by atoms with Crippen LogP contribution in [0.5, 0.6) is 5.75 Å². The van der Waals surface area contributed by atoms with Gasteiger partial charge in [0.1, 0.15) is 5.75 Å². The number of para-hydroxylation sites is 1. The first-order valence-corrected chi connectivity index (χ1v) is 13.3. The van der Waals surface area contributed by atoms with Gasteiger partial charge in [-0.15, -0.1) is 0 Å². The summed E-state index contributed by atoms with van der Waals surface area (Å²) >= 11 is 3.48. The van der Waals surface area contributed by atoms with E-state index in [1.807, 2.05) is 97.1 Å². The van der Waals surface area contributed by atoms with E-state index < -0.39 is 5.97 Å². The highest BCUT2D eigenvalue weighted by molar-refractivity contribution is 9.10. The highest BCUT2D eigenvalue weighted by Gasteiger charge is 2.33. The smallest absolute Gasteiger partial charge is 0.336 e. The van der Waals surface area contributed by atoms with Gasteiger partial charge in [0.25, 0.3) is 5.91 Å². The predicted molar refractivity (Wildman–Crippen MR) is 158 cm³/mol. The lowest BCUT2D eigenvalue weighted by Gasteiger charge is -2.20. The average molecular weight is 577 g/mol. The highest BCUT2D eigenvalue weighted by atomic mass is 79.9. The zero-order valence-electron chi connectivity index (χ0n) is 21.0. The molecule has 1 aliphatic rings. The first-order valence-electron chi connectivity index (χ1n) is 12.5. The van der Waals surface area contributed by atoms with Crippen molar-refractivity contribution in [1.29, 1.82) is 0 Å². The molecule has 0 fully saturated rings. The lowest BCUT2D eigenvalue weighted by atomic mass is 9.98. The Hall–Kier alpha value is -4.55. The maximum Gasteiger partial charge on any atom is 0.336 e. The van der Waals surface area contributed by atoms with Crippen LogP contribution in [0.3, 0.4) is 0 Å². The van der Waals surface area contributed by atoms with Crippen LogP contribution in [-0.4, -0.2) is 22.6 Å². The third kappa shape index (κ3) is 6.67. The molecular weight excluding hydrogens is 552 g/mol. The van der Waals surface area contributed by atoms with Gasteiger partial charge in [-0.2, -0.15) is 5.10 Å². The Morgan fingerprint density at radius 1 is 0.769 bits per heavy atom. The highest BCUT2D eigenvalue weighted by Crippen LogP contribution is 2.35. The van der Waals surface area contributed by atoms with E-state index in [0.29, 0.717) is 23.4 Å². The monoisotopic (exact) mass is 576 g/mol. The van der Waals surface area contributed by atoms with Gasteiger partial charge in [-0.1, -0.05) is 101 Å². The van der Waals surface area contributed by atoms with E-state index in [-0.39, 0.29) is 11.9 Å². The van der Waals surface area contributed by atoms with Gasteiger partial charge in [-0.3, -0.25) is 4.79 Å². The zero-order valence-corrected chi connectivity index (χ0v) is 22.6. The van der Waals surface area contributed by atoms with Crippen LogP contribution in [0.4, 0.5) is 0 Å². The Labute approximate surface area is 235 Å². The number of rotatable bonds is 7. The summed E-state index contributed by atoms with van der Waals surface area (Å²) in [5.41, 5.74) is 4.12. The molecule has 1 unspecified atom stereocenters. The largest absolute Gasteiger partial charge is 0.423 e. The molecule has 5 nitrogen and oxygen atoms in total. The quantitative estimate of drug-likeness (QED) is 0.130. The molecule has 0 bridgehead atoms. The molecule has 1 amide bonds. The number of nitrogens with zero attached hydrogens (tertiary/aromatic N) is 2. The molecule has 1 aliphatic heterocycles. The molecule has 0 spiro atoms. The fourth-order valence-electron chi connectivity index (χ4n) is 4.29. The summed E-state index contributed by atoms with van der Waals surface area (Å²) in [6.45, 7) is 0. The minimum Gasteiger partial charge on any atom is -0.423 e. The van der Waals surface area contributed by atoms with Gasteiger partial charge >= 0.3 is 5.97 Å². The number of carbonyl (C=O) groups is 2. The van der Waals surface area contributed by atoms with Crippen molar-refractivity contribution in [3.8, 4) is 5.75 Å². The number of ether oxygens (including phenoxy) is 1. The van der Waals surface area contributed by atoms with Gasteiger partial charge in [0.2, 0.25) is 0 Å². The van der Waals surface area contributed by atoms with Crippen LogP contribution in [-0.2, 0) is 9.59 Å². The molecule has 0 N–H and O–H groups in total. The third-order valence-corrected chi connectivity index (χ3v) is 6.76. The fraction of sp³-hybridized carbons (Fsp3) is 0.0606. The SMILES string of the molecule is O=C(/C=C/c1ccccc1)Oc1ccccc1C1=NN(C(=O)/C=C/c2ccccc2)C(c2ccc(Br)cc2)C1. The van der Waals surface area contributed by atoms with Crippen LogP contribution < -0.4 is 4.74 Å². The standard InChI is InChI=1S/C33H25BrN2O3/c34-27-19-17-26(18-20-27)30-23-29(35-36(30)32(37)21-15-24-9-3-1-4-10-24)28-13-7-8-14-31(28)39-33(38)22-16-25-11-5-2-6-12-25/h1-22,30H,23H2/b21-15+,22-16+. The summed E-state index contributed by atoms with van der Waals surface area (Å²) in [5, 5.41) is 6.25. The first kappa shape index (κ1) is 26.1. The van der Waals surface area contributed by atoms with Crippen molar-refractivity contribution >= 4 is 45.7 Å². The Kier molecular flexibility index (Phi) is 8.24. The Balaban J connectivity index is 1.42. The second-order valence-corrected chi connectivity index (χ2v) is 9.82. The second kappa shape index (κ2) is 12.3. The predicted octanol–water partition coefficient (Wildman–Crippen LogP) is 7.46. The number of carbonyl (C=O) groups excluding carboxylic acids is 2. The Morgan fingerprint density at radius 3 is 2.03 bits per heavy atom. The van der Waals surface area contributed by atoms with Crippen molar-refractivity contribution in [3.05, 3.63) is 148 Å². The number of amides is 1. The number of halogens is 1. The fourth-order valence-corrected chi connectivity index (χ4v) is 4.56. The van der Waals surface area contributed by atoms with Crippen molar-refractivity contribution < 1.29 is 14.3 Å². The average Bonchev–Trinajstić information content (AvgIpc) is 3.42. The van der Waals surface area contributed by atoms with Crippen molar-refractivity contribution in [3.63, 3.8) is 0 Å². The lowest BCUT2D eigenvalue weighted by Crippen LogP contribution is -2.25. The minimum absolute atomic E-state index is 0.234. The molecule has 1 atom stereocenters. The molecule has 0 aromatic heterocycles. The van der Waals surface area contributed by atoms with E-state index in [1.54, 1.807) is 24.3 Å². The third-order valence-electron chi connectivity index (χ3n) is 6.23. The van der Waals surface area contributed by atoms with E-state index in [9.17, 15) is 9.59 Å². The molecule has 4 aromatic carbocycles. The summed E-state index contributed by atoms with van der Waals surface area (Å²) in [4.78, 5) is 26.0. The maximum absolute atomic E-state index is 13.4. The molecule has 192 valence electrons. The second-order valence-electron chi connectivity index (χ2n) is 8.91. The van der Waals surface area contributed by atoms with Gasteiger partial charge in [-0.05, 0) is 53.1 Å². The number of benzene rings is 4. The zero-order chi connectivity index (χ0) is 27.0. The molecule has 5 rings (SSSR count). The van der Waals surface area contributed by atoms with Crippen molar-refractivity contribution in [2.75, 3.05) is 0 Å². The Morgan fingerprint density at radius 2 is 1.36 bits per heavy atom. The normalized spacial score (nSPS) is 15.1. The van der Waals surface area contributed by atoms with E-state index >= 15 is 0 Å². The maximum atomic E-state index is 13.4. The minimum atomic E-state index is -0.493. The van der Waals surface area contributed by atoms with Crippen LogP contribution in [0, 0.1) is 0 Å². The van der Waals surface area contributed by atoms with E-state index in [0.717, 1.165) is 21.2 Å². The number of hydrazone groups is 1. The van der Waals surface area contributed by atoms with Gasteiger partial charge < -0.3 is 4.74 Å². The summed E-state index contributed by atoms with van der Waals surface area (Å²) in [7, 11) is 0. The molecule has 0 aliphatic carbocycles. The van der Waals surface area contributed by atoms with Gasteiger partial charge in [0.15, 0.2) is 0 Å². The van der Waals surface area contributed by atoms with E-state index in [4.69, 9.17) is 9.84 Å².